The molecule has 0 bridgehead atoms. The summed E-state index contributed by atoms with van der Waals surface area (Å²) in [6, 6.07) is 7.32. The summed E-state index contributed by atoms with van der Waals surface area (Å²) in [7, 11) is 1.60. The topological polar surface area (TPSA) is 126 Å². The highest BCUT2D eigenvalue weighted by molar-refractivity contribution is 7.99. The lowest BCUT2D eigenvalue weighted by molar-refractivity contribution is 0.0526. The van der Waals surface area contributed by atoms with Crippen molar-refractivity contribution in [2.24, 2.45) is 0 Å². The molecule has 0 aliphatic rings. The molecule has 146 valence electrons. The first-order chi connectivity index (χ1) is 13.5. The first-order valence-electron chi connectivity index (χ1n) is 8.46. The summed E-state index contributed by atoms with van der Waals surface area (Å²) >= 11 is 1.29. The third-order valence-corrected chi connectivity index (χ3v) is 4.66. The number of carbonyl (C=O) groups is 1. The number of hydrogen-bond donors (Lipinski definition) is 1. The molecule has 0 spiro atoms. The van der Waals surface area contributed by atoms with E-state index in [-0.39, 0.29) is 23.2 Å². The predicted octanol–water partition coefficient (Wildman–Crippen LogP) is 3.15. The van der Waals surface area contributed by atoms with E-state index in [1.165, 1.54) is 18.0 Å². The van der Waals surface area contributed by atoms with Gasteiger partial charge in [0, 0.05) is 11.8 Å². The Morgan fingerprint density at radius 2 is 2.04 bits per heavy atom. The molecule has 0 radical (unpaired) electrons. The average Bonchev–Trinajstić information content (AvgIpc) is 3.18. The van der Waals surface area contributed by atoms with Crippen LogP contribution in [0.5, 0.6) is 5.75 Å². The number of benzene rings is 1. The van der Waals surface area contributed by atoms with Gasteiger partial charge >= 0.3 is 5.97 Å². The van der Waals surface area contributed by atoms with Gasteiger partial charge in [0.05, 0.1) is 19.0 Å². The number of ether oxygens (including phenoxy) is 2. The lowest BCUT2D eigenvalue weighted by atomic mass is 10.2. The Balaban J connectivity index is 1.71. The molecule has 10 heteroatoms. The van der Waals surface area contributed by atoms with Crippen LogP contribution in [0.15, 0.2) is 40.0 Å². The zero-order valence-electron chi connectivity index (χ0n) is 15.6. The van der Waals surface area contributed by atoms with Crippen molar-refractivity contribution in [3.05, 3.63) is 41.9 Å². The van der Waals surface area contributed by atoms with Crippen LogP contribution in [-0.4, -0.2) is 39.9 Å². The molecule has 1 aromatic carbocycles. The van der Waals surface area contributed by atoms with Gasteiger partial charge in [-0.25, -0.2) is 14.8 Å². The van der Waals surface area contributed by atoms with Crippen molar-refractivity contribution in [2.45, 2.75) is 24.3 Å². The minimum Gasteiger partial charge on any atom is -0.497 e. The molecule has 3 rings (SSSR count). The van der Waals surface area contributed by atoms with E-state index in [9.17, 15) is 4.79 Å². The summed E-state index contributed by atoms with van der Waals surface area (Å²) in [4.78, 5) is 20.1. The Kier molecular flexibility index (Phi) is 6.09. The van der Waals surface area contributed by atoms with Gasteiger partial charge in [0.15, 0.2) is 5.16 Å². The summed E-state index contributed by atoms with van der Waals surface area (Å²) in [6.07, 6.45) is 1.35. The maximum Gasteiger partial charge on any atom is 0.343 e. The van der Waals surface area contributed by atoms with Gasteiger partial charge in [-0.05, 0) is 38.1 Å². The third kappa shape index (κ3) is 4.39. The van der Waals surface area contributed by atoms with Crippen molar-refractivity contribution in [1.82, 2.24) is 20.2 Å². The van der Waals surface area contributed by atoms with E-state index in [0.29, 0.717) is 16.9 Å². The smallest absolute Gasteiger partial charge is 0.343 e. The molecule has 0 unspecified atom stereocenters. The Morgan fingerprint density at radius 3 is 2.68 bits per heavy atom. The second-order valence-corrected chi connectivity index (χ2v) is 6.91. The molecule has 2 heterocycles. The molecule has 2 aromatic heterocycles. The molecule has 3 aromatic rings. The maximum absolute atomic E-state index is 11.8. The molecule has 28 heavy (non-hydrogen) atoms. The number of methoxy groups -OCH3 is 1. The number of rotatable bonds is 7. The monoisotopic (exact) mass is 401 g/mol. The standard InChI is InChI=1S/C18H19N5O4S/c1-4-26-17(24)13-9-20-18(21-14(13)19)28-10(2)15-22-23-16(27-15)11-5-7-12(25-3)8-6-11/h5-10H,4H2,1-3H3,(H2,19,20,21)/t10-/m1/s1. The fraction of sp³-hybridized carbons (Fsp3) is 0.278. The van der Waals surface area contributed by atoms with E-state index < -0.39 is 5.97 Å². The van der Waals surface area contributed by atoms with Gasteiger partial charge in [-0.15, -0.1) is 10.2 Å². The summed E-state index contributed by atoms with van der Waals surface area (Å²) in [5.41, 5.74) is 6.77. The molecule has 0 fully saturated rings. The van der Waals surface area contributed by atoms with Crippen LogP contribution in [0.2, 0.25) is 0 Å². The van der Waals surface area contributed by atoms with Gasteiger partial charge in [-0.1, -0.05) is 11.8 Å². The van der Waals surface area contributed by atoms with Crippen LogP contribution in [0.1, 0.15) is 35.3 Å². The highest BCUT2D eigenvalue weighted by atomic mass is 32.2. The van der Waals surface area contributed by atoms with Gasteiger partial charge in [0.25, 0.3) is 0 Å². The summed E-state index contributed by atoms with van der Waals surface area (Å²) in [6.45, 7) is 3.85. The second kappa shape index (κ2) is 8.70. The normalized spacial score (nSPS) is 11.8. The van der Waals surface area contributed by atoms with Crippen molar-refractivity contribution in [1.29, 1.82) is 0 Å². The molecule has 9 nitrogen and oxygen atoms in total. The van der Waals surface area contributed by atoms with Gasteiger partial charge in [0.2, 0.25) is 11.8 Å². The minimum atomic E-state index is -0.550. The highest BCUT2D eigenvalue weighted by Gasteiger charge is 2.19. The van der Waals surface area contributed by atoms with Crippen LogP contribution in [0.4, 0.5) is 5.82 Å². The Hall–Kier alpha value is -3.14. The van der Waals surface area contributed by atoms with E-state index in [1.807, 2.05) is 31.2 Å². The van der Waals surface area contributed by atoms with Gasteiger partial charge in [-0.2, -0.15) is 0 Å². The molecule has 2 N–H and O–H groups in total. The van der Waals surface area contributed by atoms with Crippen LogP contribution in [0.25, 0.3) is 11.5 Å². The number of anilines is 1. The van der Waals surface area contributed by atoms with Crippen molar-refractivity contribution in [3.63, 3.8) is 0 Å². The van der Waals surface area contributed by atoms with Crippen LogP contribution in [0.3, 0.4) is 0 Å². The molecule has 0 saturated carbocycles. The Bertz CT molecular complexity index is 961. The maximum atomic E-state index is 11.8. The van der Waals surface area contributed by atoms with Gasteiger partial charge in [-0.3, -0.25) is 0 Å². The van der Waals surface area contributed by atoms with Crippen LogP contribution in [-0.2, 0) is 4.74 Å². The highest BCUT2D eigenvalue weighted by Crippen LogP contribution is 2.34. The molecule has 1 atom stereocenters. The van der Waals surface area contributed by atoms with Crippen molar-refractivity contribution < 1.29 is 18.7 Å². The van der Waals surface area contributed by atoms with E-state index >= 15 is 0 Å². The Morgan fingerprint density at radius 1 is 1.29 bits per heavy atom. The lowest BCUT2D eigenvalue weighted by Crippen LogP contribution is -2.10. The minimum absolute atomic E-state index is 0.0626. The van der Waals surface area contributed by atoms with Gasteiger partial charge in [0.1, 0.15) is 17.1 Å². The second-order valence-electron chi connectivity index (χ2n) is 5.61. The zero-order valence-corrected chi connectivity index (χ0v) is 16.4. The number of esters is 1. The average molecular weight is 401 g/mol. The number of hydrogen-bond acceptors (Lipinski definition) is 10. The van der Waals surface area contributed by atoms with Crippen LogP contribution in [0, 0.1) is 0 Å². The van der Waals surface area contributed by atoms with Crippen molar-refractivity contribution >= 4 is 23.5 Å². The SMILES string of the molecule is CCOC(=O)c1cnc(S[C@H](C)c2nnc(-c3ccc(OC)cc3)o2)nc1N. The predicted molar refractivity (Wildman–Crippen MR) is 103 cm³/mol. The van der Waals surface area contributed by atoms with Crippen molar-refractivity contribution in [3.8, 4) is 17.2 Å². The molecule has 0 aliphatic heterocycles. The summed E-state index contributed by atoms with van der Waals surface area (Å²) in [5, 5.41) is 8.35. The fourth-order valence-corrected chi connectivity index (χ4v) is 3.04. The van der Waals surface area contributed by atoms with E-state index in [0.717, 1.165) is 11.3 Å². The fourth-order valence-electron chi connectivity index (χ4n) is 2.26. The first-order valence-corrected chi connectivity index (χ1v) is 9.34. The Labute approximate surface area is 165 Å². The number of nitrogens with zero attached hydrogens (tertiary/aromatic N) is 4. The van der Waals surface area contributed by atoms with Crippen LogP contribution >= 0.6 is 11.8 Å². The van der Waals surface area contributed by atoms with Crippen molar-refractivity contribution in [2.75, 3.05) is 19.5 Å². The summed E-state index contributed by atoms with van der Waals surface area (Å²) < 4.78 is 15.8. The van der Waals surface area contributed by atoms with E-state index in [2.05, 4.69) is 20.2 Å². The molecule has 0 aliphatic carbocycles. The molecule has 0 amide bonds. The quantitative estimate of drug-likeness (QED) is 0.358. The number of thioether (sulfide) groups is 1. The molecular weight excluding hydrogens is 382 g/mol. The van der Waals surface area contributed by atoms with Crippen LogP contribution < -0.4 is 10.5 Å². The van der Waals surface area contributed by atoms with E-state index in [4.69, 9.17) is 19.6 Å². The number of aromatic nitrogens is 4. The van der Waals surface area contributed by atoms with E-state index in [1.54, 1.807) is 14.0 Å². The summed E-state index contributed by atoms with van der Waals surface area (Å²) in [5.74, 6) is 1.09. The zero-order chi connectivity index (χ0) is 20.1. The lowest BCUT2D eigenvalue weighted by Gasteiger charge is -2.08. The molecule has 0 saturated heterocycles. The molecular formula is C18H19N5O4S. The number of nitrogen functional groups attached to an aromatic ring is 1. The first kappa shape index (κ1) is 19.6. The van der Waals surface area contributed by atoms with Gasteiger partial charge < -0.3 is 19.6 Å². The number of carbonyl (C=O) groups excluding carboxylic acids is 1. The number of nitrogens with two attached hydrogens (primary N) is 1. The third-order valence-electron chi connectivity index (χ3n) is 3.70. The largest absolute Gasteiger partial charge is 0.497 e.